The van der Waals surface area contributed by atoms with Gasteiger partial charge < -0.3 is 15.2 Å². The highest BCUT2D eigenvalue weighted by atomic mass is 32.2. The lowest BCUT2D eigenvalue weighted by Crippen LogP contribution is -2.29. The zero-order valence-corrected chi connectivity index (χ0v) is 14.7. The van der Waals surface area contributed by atoms with E-state index in [1.165, 1.54) is 11.8 Å². The second-order valence-corrected chi connectivity index (χ2v) is 7.63. The Kier molecular flexibility index (Phi) is 4.51. The number of rotatable bonds is 3. The van der Waals surface area contributed by atoms with E-state index in [2.05, 4.69) is 10.3 Å². The number of hydrogen-bond acceptors (Lipinski definition) is 5. The van der Waals surface area contributed by atoms with Crippen LogP contribution in [0, 0.1) is 0 Å². The van der Waals surface area contributed by atoms with E-state index in [1.54, 1.807) is 12.1 Å². The van der Waals surface area contributed by atoms with Crippen LogP contribution in [0.15, 0.2) is 36.5 Å². The van der Waals surface area contributed by atoms with Gasteiger partial charge in [0.1, 0.15) is 5.75 Å². The summed E-state index contributed by atoms with van der Waals surface area (Å²) in [5.41, 5.74) is 0.276. The van der Waals surface area contributed by atoms with E-state index < -0.39 is 17.3 Å². The second-order valence-electron chi connectivity index (χ2n) is 6.41. The smallest absolute Gasteiger partial charge is 0.416 e. The SMILES string of the molecule is O=C1NC(O)SC1[C@@H]1CCc2cc(Oc3cc(C(F)(F)F)ccn3)ccc21. The van der Waals surface area contributed by atoms with E-state index in [0.717, 1.165) is 42.3 Å². The Morgan fingerprint density at radius 3 is 2.78 bits per heavy atom. The highest BCUT2D eigenvalue weighted by Gasteiger charge is 2.41. The average Bonchev–Trinajstić information content (AvgIpc) is 3.16. The first kappa shape index (κ1) is 18.1. The lowest BCUT2D eigenvalue weighted by atomic mass is 9.97. The highest BCUT2D eigenvalue weighted by Crippen LogP contribution is 2.44. The van der Waals surface area contributed by atoms with Crippen LogP contribution in [-0.2, 0) is 17.4 Å². The fourth-order valence-electron chi connectivity index (χ4n) is 3.48. The van der Waals surface area contributed by atoms with Crippen LogP contribution in [0.4, 0.5) is 13.2 Å². The second kappa shape index (κ2) is 6.72. The third kappa shape index (κ3) is 3.61. The molecule has 5 nitrogen and oxygen atoms in total. The van der Waals surface area contributed by atoms with Crippen molar-refractivity contribution in [2.45, 2.75) is 35.7 Å². The molecule has 3 atom stereocenters. The number of benzene rings is 1. The summed E-state index contributed by atoms with van der Waals surface area (Å²) in [5.74, 6) is 0.0691. The van der Waals surface area contributed by atoms with Gasteiger partial charge in [0.15, 0.2) is 5.56 Å². The number of nitrogens with one attached hydrogen (secondary N) is 1. The van der Waals surface area contributed by atoms with Gasteiger partial charge in [-0.2, -0.15) is 13.2 Å². The third-order valence-electron chi connectivity index (χ3n) is 4.69. The van der Waals surface area contributed by atoms with Gasteiger partial charge in [-0.1, -0.05) is 17.8 Å². The molecule has 4 rings (SSSR count). The number of aromatic nitrogens is 1. The monoisotopic (exact) mass is 396 g/mol. The maximum atomic E-state index is 12.8. The molecule has 27 heavy (non-hydrogen) atoms. The molecule has 2 N–H and O–H groups in total. The zero-order valence-electron chi connectivity index (χ0n) is 13.9. The van der Waals surface area contributed by atoms with E-state index in [0.29, 0.717) is 5.75 Å². The van der Waals surface area contributed by atoms with Gasteiger partial charge >= 0.3 is 6.18 Å². The Labute approximate surface area is 156 Å². The minimum absolute atomic E-state index is 0.0112. The number of aliphatic hydroxyl groups excluding tert-OH is 1. The number of thioether (sulfide) groups is 1. The van der Waals surface area contributed by atoms with Crippen molar-refractivity contribution in [3.8, 4) is 11.6 Å². The number of carbonyl (C=O) groups excluding carboxylic acids is 1. The summed E-state index contributed by atoms with van der Waals surface area (Å²) in [6, 6.07) is 7.00. The molecule has 1 amide bonds. The summed E-state index contributed by atoms with van der Waals surface area (Å²) >= 11 is 1.19. The summed E-state index contributed by atoms with van der Waals surface area (Å²) in [7, 11) is 0. The van der Waals surface area contributed by atoms with Crippen molar-refractivity contribution in [2.75, 3.05) is 0 Å². The number of aryl methyl sites for hydroxylation is 1. The van der Waals surface area contributed by atoms with Gasteiger partial charge in [-0.3, -0.25) is 4.79 Å². The van der Waals surface area contributed by atoms with Crippen molar-refractivity contribution in [3.63, 3.8) is 0 Å². The van der Waals surface area contributed by atoms with Gasteiger partial charge in [-0.15, -0.1) is 0 Å². The molecule has 2 unspecified atom stereocenters. The molecule has 1 aromatic carbocycles. The number of nitrogens with zero attached hydrogens (tertiary/aromatic N) is 1. The molecule has 2 heterocycles. The van der Waals surface area contributed by atoms with Gasteiger partial charge in [-0.25, -0.2) is 4.98 Å². The fraction of sp³-hybridized carbons (Fsp3) is 0.333. The Hall–Kier alpha value is -2.26. The predicted molar refractivity (Wildman–Crippen MR) is 92.3 cm³/mol. The quantitative estimate of drug-likeness (QED) is 0.832. The molecule has 0 spiro atoms. The summed E-state index contributed by atoms with van der Waals surface area (Å²) < 4.78 is 43.9. The van der Waals surface area contributed by atoms with E-state index in [1.807, 2.05) is 6.07 Å². The lowest BCUT2D eigenvalue weighted by molar-refractivity contribution is -0.137. The Balaban J connectivity index is 1.54. The van der Waals surface area contributed by atoms with Crippen LogP contribution >= 0.6 is 11.8 Å². The third-order valence-corrected chi connectivity index (χ3v) is 5.90. The molecule has 1 saturated heterocycles. The summed E-state index contributed by atoms with van der Waals surface area (Å²) in [6.07, 6.45) is -1.91. The minimum Gasteiger partial charge on any atom is -0.439 e. The first-order valence-corrected chi connectivity index (χ1v) is 9.23. The van der Waals surface area contributed by atoms with Crippen molar-refractivity contribution in [3.05, 3.63) is 53.2 Å². The molecule has 0 bridgehead atoms. The van der Waals surface area contributed by atoms with Crippen molar-refractivity contribution in [1.82, 2.24) is 10.3 Å². The molecular weight excluding hydrogens is 381 g/mol. The molecule has 9 heteroatoms. The number of carbonyl (C=O) groups is 1. The first-order chi connectivity index (χ1) is 12.8. The number of fused-ring (bicyclic) bond motifs is 1. The first-order valence-electron chi connectivity index (χ1n) is 8.29. The maximum Gasteiger partial charge on any atom is 0.416 e. The maximum absolute atomic E-state index is 12.8. The number of alkyl halides is 3. The van der Waals surface area contributed by atoms with Crippen molar-refractivity contribution in [2.24, 2.45) is 0 Å². The molecule has 1 aromatic heterocycles. The van der Waals surface area contributed by atoms with Crippen LogP contribution in [0.2, 0.25) is 0 Å². The van der Waals surface area contributed by atoms with E-state index in [4.69, 9.17) is 4.74 Å². The molecule has 142 valence electrons. The van der Waals surface area contributed by atoms with E-state index in [-0.39, 0.29) is 23.0 Å². The molecule has 0 radical (unpaired) electrons. The molecule has 1 fully saturated rings. The average molecular weight is 396 g/mol. The number of halogens is 3. The summed E-state index contributed by atoms with van der Waals surface area (Å²) in [6.45, 7) is 0. The van der Waals surface area contributed by atoms with Gasteiger partial charge in [0.05, 0.1) is 10.8 Å². The van der Waals surface area contributed by atoms with Crippen LogP contribution in [0.5, 0.6) is 11.6 Å². The number of amides is 1. The number of ether oxygens (including phenoxy) is 1. The van der Waals surface area contributed by atoms with Crippen LogP contribution in [-0.4, -0.2) is 26.8 Å². The Morgan fingerprint density at radius 2 is 2.07 bits per heavy atom. The van der Waals surface area contributed by atoms with Crippen LogP contribution in [0.3, 0.4) is 0 Å². The van der Waals surface area contributed by atoms with E-state index >= 15 is 0 Å². The van der Waals surface area contributed by atoms with Crippen molar-refractivity contribution in [1.29, 1.82) is 0 Å². The van der Waals surface area contributed by atoms with Gasteiger partial charge in [0.2, 0.25) is 11.8 Å². The minimum atomic E-state index is -4.46. The normalized spacial score (nSPS) is 24.6. The molecule has 2 aromatic rings. The largest absolute Gasteiger partial charge is 0.439 e. The molecule has 0 saturated carbocycles. The van der Waals surface area contributed by atoms with Crippen LogP contribution < -0.4 is 10.1 Å². The number of aliphatic hydroxyl groups is 1. The standard InChI is InChI=1S/C18H15F3N2O3S/c19-18(20,21)10-5-6-22-14(8-10)26-11-2-4-12-9(7-11)1-3-13(12)15-16(24)23-17(25)27-15/h2,4-8,13,15,17,25H,1,3H2,(H,23,24)/t13-,15?,17?/m1/s1. The number of hydrogen-bond donors (Lipinski definition) is 2. The van der Waals surface area contributed by atoms with E-state index in [9.17, 15) is 23.1 Å². The predicted octanol–water partition coefficient (Wildman–Crippen LogP) is 3.43. The van der Waals surface area contributed by atoms with Gasteiger partial charge in [0.25, 0.3) is 0 Å². The lowest BCUT2D eigenvalue weighted by Gasteiger charge is -2.16. The van der Waals surface area contributed by atoms with Gasteiger partial charge in [0, 0.05) is 18.2 Å². The van der Waals surface area contributed by atoms with Gasteiger partial charge in [-0.05, 0) is 42.2 Å². The highest BCUT2D eigenvalue weighted by molar-refractivity contribution is 8.01. The van der Waals surface area contributed by atoms with Crippen LogP contribution in [0.25, 0.3) is 0 Å². The fourth-order valence-corrected chi connectivity index (χ4v) is 4.61. The number of pyridine rings is 1. The molecule has 1 aliphatic carbocycles. The van der Waals surface area contributed by atoms with Crippen molar-refractivity contribution >= 4 is 17.7 Å². The summed E-state index contributed by atoms with van der Waals surface area (Å²) in [5, 5.41) is 11.7. The Bertz CT molecular complexity index is 890. The Morgan fingerprint density at radius 1 is 1.26 bits per heavy atom. The zero-order chi connectivity index (χ0) is 19.2. The molecule has 2 aliphatic rings. The van der Waals surface area contributed by atoms with Crippen LogP contribution in [0.1, 0.15) is 29.0 Å². The molecule has 1 aliphatic heterocycles. The molecular formula is C18H15F3N2O3S. The summed E-state index contributed by atoms with van der Waals surface area (Å²) in [4.78, 5) is 15.8. The van der Waals surface area contributed by atoms with Crippen molar-refractivity contribution < 1.29 is 27.8 Å². The topological polar surface area (TPSA) is 71.5 Å².